The predicted octanol–water partition coefficient (Wildman–Crippen LogP) is 5.46. The van der Waals surface area contributed by atoms with Crippen molar-refractivity contribution in [2.24, 2.45) is 0 Å². The number of unbranched alkanes of at least 4 members (excludes halogenated alkanes) is 3. The number of halogens is 3. The van der Waals surface area contributed by atoms with Crippen molar-refractivity contribution in [1.82, 2.24) is 0 Å². The SMILES string of the molecule is CCCCCC#CCOc1c(I)cc(I)cc1I. The van der Waals surface area contributed by atoms with Gasteiger partial charge < -0.3 is 4.74 Å². The highest BCUT2D eigenvalue weighted by atomic mass is 127. The van der Waals surface area contributed by atoms with Crippen molar-refractivity contribution in [3.63, 3.8) is 0 Å². The molecule has 1 aromatic rings. The monoisotopic (exact) mass is 580 g/mol. The molecule has 0 saturated heterocycles. The molecule has 0 aliphatic carbocycles. The molecule has 0 atom stereocenters. The highest BCUT2D eigenvalue weighted by Crippen LogP contribution is 2.29. The van der Waals surface area contributed by atoms with E-state index in [1.54, 1.807) is 0 Å². The van der Waals surface area contributed by atoms with Gasteiger partial charge in [0.05, 0.1) is 7.14 Å². The number of benzene rings is 1. The Balaban J connectivity index is 2.44. The highest BCUT2D eigenvalue weighted by molar-refractivity contribution is 14.1. The summed E-state index contributed by atoms with van der Waals surface area (Å²) in [7, 11) is 0. The van der Waals surface area contributed by atoms with Crippen LogP contribution in [0.1, 0.15) is 32.6 Å². The summed E-state index contributed by atoms with van der Waals surface area (Å²) in [5.41, 5.74) is 0. The standard InChI is InChI=1S/C14H15I3O/c1-2-3-4-5-6-7-8-18-14-12(16)9-11(15)10-13(14)17/h9-10H,2-5,8H2,1H3. The summed E-state index contributed by atoms with van der Waals surface area (Å²) < 4.78 is 9.27. The zero-order valence-electron chi connectivity index (χ0n) is 10.2. The van der Waals surface area contributed by atoms with Gasteiger partial charge in [0.15, 0.2) is 0 Å². The first-order valence-corrected chi connectivity index (χ1v) is 9.11. The topological polar surface area (TPSA) is 9.23 Å². The first kappa shape index (κ1) is 16.8. The van der Waals surface area contributed by atoms with Crippen LogP contribution in [0, 0.1) is 22.6 Å². The molecule has 0 heterocycles. The Morgan fingerprint density at radius 1 is 1.06 bits per heavy atom. The Labute approximate surface area is 150 Å². The van der Waals surface area contributed by atoms with Gasteiger partial charge in [0.2, 0.25) is 0 Å². The summed E-state index contributed by atoms with van der Waals surface area (Å²) in [6.45, 7) is 2.69. The van der Waals surface area contributed by atoms with Gasteiger partial charge in [0, 0.05) is 9.99 Å². The lowest BCUT2D eigenvalue weighted by molar-refractivity contribution is 0.364. The summed E-state index contributed by atoms with van der Waals surface area (Å²) in [6.07, 6.45) is 4.69. The van der Waals surface area contributed by atoms with E-state index in [1.807, 2.05) is 0 Å². The van der Waals surface area contributed by atoms with Crippen LogP contribution in [0.5, 0.6) is 5.75 Å². The van der Waals surface area contributed by atoms with Crippen molar-refractivity contribution >= 4 is 67.8 Å². The van der Waals surface area contributed by atoms with E-state index >= 15 is 0 Å². The fraction of sp³-hybridized carbons (Fsp3) is 0.429. The Morgan fingerprint density at radius 3 is 2.33 bits per heavy atom. The molecule has 0 fully saturated rings. The Kier molecular flexibility index (Phi) is 9.01. The molecule has 0 spiro atoms. The summed E-state index contributed by atoms with van der Waals surface area (Å²) >= 11 is 6.93. The second-order valence-corrected chi connectivity index (χ2v) is 7.37. The molecular formula is C14H15I3O. The molecule has 0 unspecified atom stereocenters. The van der Waals surface area contributed by atoms with Gasteiger partial charge in [0.1, 0.15) is 12.4 Å². The second kappa shape index (κ2) is 9.64. The van der Waals surface area contributed by atoms with Crippen LogP contribution < -0.4 is 4.74 Å². The molecule has 0 radical (unpaired) electrons. The molecule has 0 aliphatic rings. The molecule has 98 valence electrons. The molecule has 18 heavy (non-hydrogen) atoms. The predicted molar refractivity (Wildman–Crippen MR) is 102 cm³/mol. The van der Waals surface area contributed by atoms with E-state index in [4.69, 9.17) is 4.74 Å². The van der Waals surface area contributed by atoms with E-state index in [2.05, 4.69) is 98.7 Å². The van der Waals surface area contributed by atoms with Gasteiger partial charge in [-0.2, -0.15) is 0 Å². The fourth-order valence-corrected chi connectivity index (χ4v) is 5.27. The zero-order chi connectivity index (χ0) is 13.4. The maximum Gasteiger partial charge on any atom is 0.149 e. The molecule has 0 aromatic heterocycles. The van der Waals surface area contributed by atoms with Crippen LogP contribution in [0.15, 0.2) is 12.1 Å². The van der Waals surface area contributed by atoms with Crippen LogP contribution in [-0.4, -0.2) is 6.61 Å². The molecule has 0 N–H and O–H groups in total. The second-order valence-electron chi connectivity index (χ2n) is 3.80. The smallest absolute Gasteiger partial charge is 0.149 e. The third kappa shape index (κ3) is 6.28. The van der Waals surface area contributed by atoms with E-state index in [0.717, 1.165) is 19.3 Å². The lowest BCUT2D eigenvalue weighted by Gasteiger charge is -2.08. The largest absolute Gasteiger partial charge is 0.479 e. The Morgan fingerprint density at radius 2 is 1.72 bits per heavy atom. The van der Waals surface area contributed by atoms with Crippen LogP contribution in [-0.2, 0) is 0 Å². The van der Waals surface area contributed by atoms with Crippen LogP contribution in [0.2, 0.25) is 0 Å². The molecule has 1 nitrogen and oxygen atoms in total. The first-order valence-electron chi connectivity index (χ1n) is 5.88. The lowest BCUT2D eigenvalue weighted by Crippen LogP contribution is -1.99. The Hall–Kier alpha value is 0.770. The van der Waals surface area contributed by atoms with Crippen molar-refractivity contribution in [3.8, 4) is 17.6 Å². The van der Waals surface area contributed by atoms with Crippen molar-refractivity contribution in [3.05, 3.63) is 22.8 Å². The first-order chi connectivity index (χ1) is 8.65. The molecular weight excluding hydrogens is 565 g/mol. The highest BCUT2D eigenvalue weighted by Gasteiger charge is 2.06. The van der Waals surface area contributed by atoms with Gasteiger partial charge >= 0.3 is 0 Å². The van der Waals surface area contributed by atoms with Crippen molar-refractivity contribution in [2.75, 3.05) is 6.61 Å². The zero-order valence-corrected chi connectivity index (χ0v) is 16.7. The third-order valence-corrected chi connectivity index (χ3v) is 4.51. The van der Waals surface area contributed by atoms with Crippen LogP contribution >= 0.6 is 67.8 Å². The fourth-order valence-electron chi connectivity index (χ4n) is 1.38. The summed E-state index contributed by atoms with van der Waals surface area (Å²) in [4.78, 5) is 0. The molecule has 1 aromatic carbocycles. The van der Waals surface area contributed by atoms with Gasteiger partial charge in [0.25, 0.3) is 0 Å². The Bertz CT molecular complexity index is 423. The molecule has 1 rings (SSSR count). The minimum atomic E-state index is 0.485. The van der Waals surface area contributed by atoms with Crippen LogP contribution in [0.4, 0.5) is 0 Å². The normalized spacial score (nSPS) is 9.78. The number of rotatable bonds is 5. The minimum Gasteiger partial charge on any atom is -0.479 e. The quantitative estimate of drug-likeness (QED) is 0.256. The average molecular weight is 580 g/mol. The molecule has 0 amide bonds. The maximum absolute atomic E-state index is 5.74. The molecule has 0 aliphatic heterocycles. The van der Waals surface area contributed by atoms with E-state index in [9.17, 15) is 0 Å². The lowest BCUT2D eigenvalue weighted by atomic mass is 10.2. The van der Waals surface area contributed by atoms with Gasteiger partial charge in [-0.25, -0.2) is 0 Å². The van der Waals surface area contributed by atoms with Crippen LogP contribution in [0.25, 0.3) is 0 Å². The van der Waals surface area contributed by atoms with Gasteiger partial charge in [-0.05, 0) is 86.3 Å². The molecule has 0 saturated carbocycles. The molecule has 0 bridgehead atoms. The summed E-state index contributed by atoms with van der Waals surface area (Å²) in [6, 6.07) is 4.24. The van der Waals surface area contributed by atoms with Gasteiger partial charge in [-0.3, -0.25) is 0 Å². The average Bonchev–Trinajstić information content (AvgIpc) is 2.30. The number of hydrogen-bond donors (Lipinski definition) is 0. The van der Waals surface area contributed by atoms with Gasteiger partial charge in [-0.15, -0.1) is 0 Å². The van der Waals surface area contributed by atoms with Crippen molar-refractivity contribution in [2.45, 2.75) is 32.6 Å². The van der Waals surface area contributed by atoms with Crippen molar-refractivity contribution in [1.29, 1.82) is 0 Å². The third-order valence-electron chi connectivity index (χ3n) is 2.28. The number of ether oxygens (including phenoxy) is 1. The van der Waals surface area contributed by atoms with E-state index in [1.165, 1.54) is 22.8 Å². The van der Waals surface area contributed by atoms with Gasteiger partial charge in [-0.1, -0.05) is 31.6 Å². The van der Waals surface area contributed by atoms with E-state index < -0.39 is 0 Å². The minimum absolute atomic E-state index is 0.485. The number of hydrogen-bond acceptors (Lipinski definition) is 1. The van der Waals surface area contributed by atoms with Crippen LogP contribution in [0.3, 0.4) is 0 Å². The van der Waals surface area contributed by atoms with Crippen molar-refractivity contribution < 1.29 is 4.74 Å². The summed E-state index contributed by atoms with van der Waals surface area (Å²) in [5.74, 6) is 7.20. The molecule has 4 heteroatoms. The van der Waals surface area contributed by atoms with E-state index in [-0.39, 0.29) is 0 Å². The van der Waals surface area contributed by atoms with E-state index in [0.29, 0.717) is 6.61 Å². The maximum atomic E-state index is 5.74. The summed E-state index contributed by atoms with van der Waals surface area (Å²) in [5, 5.41) is 0.